The molecular weight excluding hydrogens is 292 g/mol. The SMILES string of the molecule is Cc1cccc2c(=O)n(-c3cccc(Cl)c3)c(S)nc12. The summed E-state index contributed by atoms with van der Waals surface area (Å²) in [6.45, 7) is 1.92. The van der Waals surface area contributed by atoms with Gasteiger partial charge in [0.15, 0.2) is 5.16 Å². The molecule has 0 amide bonds. The maximum atomic E-state index is 12.6. The average Bonchev–Trinajstić information content (AvgIpc) is 2.40. The minimum atomic E-state index is -0.147. The third kappa shape index (κ3) is 2.11. The fourth-order valence-corrected chi connectivity index (χ4v) is 2.68. The smallest absolute Gasteiger partial charge is 0.266 e. The molecule has 0 unspecified atom stereocenters. The number of rotatable bonds is 1. The van der Waals surface area contributed by atoms with Gasteiger partial charge in [-0.2, -0.15) is 0 Å². The van der Waals surface area contributed by atoms with Gasteiger partial charge in [-0.25, -0.2) is 4.98 Å². The Kier molecular flexibility index (Phi) is 3.28. The molecule has 1 aromatic heterocycles. The van der Waals surface area contributed by atoms with Gasteiger partial charge in [0.25, 0.3) is 5.56 Å². The number of nitrogens with zero attached hydrogens (tertiary/aromatic N) is 2. The van der Waals surface area contributed by atoms with E-state index in [4.69, 9.17) is 11.6 Å². The quantitative estimate of drug-likeness (QED) is 0.550. The summed E-state index contributed by atoms with van der Waals surface area (Å²) in [5.74, 6) is 0. The first-order valence-electron chi connectivity index (χ1n) is 6.05. The van der Waals surface area contributed by atoms with Gasteiger partial charge in [0.05, 0.1) is 16.6 Å². The molecule has 5 heteroatoms. The molecule has 3 nitrogen and oxygen atoms in total. The van der Waals surface area contributed by atoms with Crippen LogP contribution in [0.25, 0.3) is 16.6 Å². The molecule has 0 fully saturated rings. The van der Waals surface area contributed by atoms with E-state index in [-0.39, 0.29) is 5.56 Å². The van der Waals surface area contributed by atoms with E-state index in [9.17, 15) is 4.79 Å². The van der Waals surface area contributed by atoms with Gasteiger partial charge in [0, 0.05) is 5.02 Å². The number of halogens is 1. The van der Waals surface area contributed by atoms with Crippen molar-refractivity contribution in [2.24, 2.45) is 0 Å². The number of aromatic nitrogens is 2. The van der Waals surface area contributed by atoms with Crippen molar-refractivity contribution in [3.05, 3.63) is 63.4 Å². The summed E-state index contributed by atoms with van der Waals surface area (Å²) in [6.07, 6.45) is 0. The maximum Gasteiger partial charge on any atom is 0.266 e. The Hall–Kier alpha value is -1.78. The topological polar surface area (TPSA) is 34.9 Å². The van der Waals surface area contributed by atoms with Gasteiger partial charge in [0.1, 0.15) is 0 Å². The highest BCUT2D eigenvalue weighted by atomic mass is 35.5. The van der Waals surface area contributed by atoms with E-state index in [2.05, 4.69) is 17.6 Å². The molecule has 1 heterocycles. The Morgan fingerprint density at radius 1 is 1.20 bits per heavy atom. The molecule has 0 aliphatic carbocycles. The predicted molar refractivity (Wildman–Crippen MR) is 84.3 cm³/mol. The summed E-state index contributed by atoms with van der Waals surface area (Å²) in [5, 5.41) is 1.48. The second-order valence-electron chi connectivity index (χ2n) is 4.50. The lowest BCUT2D eigenvalue weighted by Gasteiger charge is -2.11. The van der Waals surface area contributed by atoms with Crippen molar-refractivity contribution in [2.45, 2.75) is 12.1 Å². The van der Waals surface area contributed by atoms with Crippen LogP contribution < -0.4 is 5.56 Å². The van der Waals surface area contributed by atoms with Crippen LogP contribution in [0.15, 0.2) is 52.4 Å². The van der Waals surface area contributed by atoms with Crippen molar-refractivity contribution in [2.75, 3.05) is 0 Å². The van der Waals surface area contributed by atoms with E-state index >= 15 is 0 Å². The third-order valence-electron chi connectivity index (χ3n) is 3.15. The largest absolute Gasteiger partial charge is 0.268 e. The van der Waals surface area contributed by atoms with Crippen LogP contribution in [0.4, 0.5) is 0 Å². The van der Waals surface area contributed by atoms with Gasteiger partial charge in [-0.3, -0.25) is 9.36 Å². The Balaban J connectivity index is 2.41. The van der Waals surface area contributed by atoms with E-state index in [1.54, 1.807) is 30.3 Å². The lowest BCUT2D eigenvalue weighted by Crippen LogP contribution is -2.21. The summed E-state index contributed by atoms with van der Waals surface area (Å²) in [4.78, 5) is 17.1. The van der Waals surface area contributed by atoms with Crippen molar-refractivity contribution in [3.63, 3.8) is 0 Å². The summed E-state index contributed by atoms with van der Waals surface area (Å²) in [5.41, 5.74) is 2.14. The van der Waals surface area contributed by atoms with Crippen LogP contribution in [0, 0.1) is 6.92 Å². The third-order valence-corrected chi connectivity index (χ3v) is 3.68. The van der Waals surface area contributed by atoms with E-state index in [1.807, 2.05) is 19.1 Å². The zero-order chi connectivity index (χ0) is 14.3. The van der Waals surface area contributed by atoms with Gasteiger partial charge in [-0.15, -0.1) is 12.6 Å². The van der Waals surface area contributed by atoms with Crippen LogP contribution in [-0.2, 0) is 0 Å². The molecule has 0 spiro atoms. The first-order valence-corrected chi connectivity index (χ1v) is 6.88. The second-order valence-corrected chi connectivity index (χ2v) is 5.34. The number of aryl methyl sites for hydroxylation is 1. The predicted octanol–water partition coefficient (Wildman–Crippen LogP) is 3.64. The van der Waals surface area contributed by atoms with E-state index in [0.717, 1.165) is 5.56 Å². The maximum absolute atomic E-state index is 12.6. The summed E-state index contributed by atoms with van der Waals surface area (Å²) >= 11 is 10.3. The van der Waals surface area contributed by atoms with Crippen LogP contribution >= 0.6 is 24.2 Å². The van der Waals surface area contributed by atoms with Gasteiger partial charge < -0.3 is 0 Å². The molecule has 0 atom stereocenters. The molecule has 0 radical (unpaired) electrons. The fourth-order valence-electron chi connectivity index (χ4n) is 2.19. The Morgan fingerprint density at radius 2 is 1.95 bits per heavy atom. The average molecular weight is 303 g/mol. The van der Waals surface area contributed by atoms with E-state index < -0.39 is 0 Å². The van der Waals surface area contributed by atoms with Crippen LogP contribution in [0.1, 0.15) is 5.56 Å². The number of thiol groups is 1. The van der Waals surface area contributed by atoms with Crippen LogP contribution in [0.3, 0.4) is 0 Å². The van der Waals surface area contributed by atoms with Crippen LogP contribution in [-0.4, -0.2) is 9.55 Å². The standard InChI is InChI=1S/C15H11ClN2OS/c1-9-4-2-7-12-13(9)17-15(20)18(14(12)19)11-6-3-5-10(16)8-11/h2-8H,1H3,(H,17,20). The highest BCUT2D eigenvalue weighted by Gasteiger charge is 2.11. The zero-order valence-electron chi connectivity index (χ0n) is 10.7. The highest BCUT2D eigenvalue weighted by molar-refractivity contribution is 7.80. The molecule has 100 valence electrons. The Labute approximate surface area is 126 Å². The number of fused-ring (bicyclic) bond motifs is 1. The first kappa shape index (κ1) is 13.2. The monoisotopic (exact) mass is 302 g/mol. The highest BCUT2D eigenvalue weighted by Crippen LogP contribution is 2.19. The summed E-state index contributed by atoms with van der Waals surface area (Å²) < 4.78 is 1.46. The molecule has 3 aromatic rings. The fraction of sp³-hybridized carbons (Fsp3) is 0.0667. The molecule has 0 N–H and O–H groups in total. The minimum absolute atomic E-state index is 0.147. The lowest BCUT2D eigenvalue weighted by molar-refractivity contribution is 0.823. The molecule has 0 bridgehead atoms. The first-order chi connectivity index (χ1) is 9.58. The van der Waals surface area contributed by atoms with E-state index in [0.29, 0.717) is 26.8 Å². The molecule has 0 saturated heterocycles. The van der Waals surface area contributed by atoms with Crippen molar-refractivity contribution in [3.8, 4) is 5.69 Å². The molecule has 0 aliphatic heterocycles. The summed E-state index contributed by atoms with van der Waals surface area (Å²) in [7, 11) is 0. The van der Waals surface area contributed by atoms with Crippen molar-refractivity contribution >= 4 is 35.1 Å². The van der Waals surface area contributed by atoms with Crippen molar-refractivity contribution < 1.29 is 0 Å². The van der Waals surface area contributed by atoms with Gasteiger partial charge in [-0.1, -0.05) is 29.8 Å². The zero-order valence-corrected chi connectivity index (χ0v) is 12.3. The molecular formula is C15H11ClN2OS. The van der Waals surface area contributed by atoms with Gasteiger partial charge >= 0.3 is 0 Å². The molecule has 2 aromatic carbocycles. The Morgan fingerprint density at radius 3 is 2.70 bits per heavy atom. The molecule has 3 rings (SSSR count). The molecule has 0 saturated carbocycles. The number of benzene rings is 2. The number of hydrogen-bond acceptors (Lipinski definition) is 3. The van der Waals surface area contributed by atoms with Crippen molar-refractivity contribution in [1.82, 2.24) is 9.55 Å². The van der Waals surface area contributed by atoms with Crippen molar-refractivity contribution in [1.29, 1.82) is 0 Å². The summed E-state index contributed by atoms with van der Waals surface area (Å²) in [6, 6.07) is 12.6. The van der Waals surface area contributed by atoms with E-state index in [1.165, 1.54) is 4.57 Å². The minimum Gasteiger partial charge on any atom is -0.268 e. The number of para-hydroxylation sites is 1. The lowest BCUT2D eigenvalue weighted by atomic mass is 10.1. The van der Waals surface area contributed by atoms with Crippen LogP contribution in [0.2, 0.25) is 5.02 Å². The van der Waals surface area contributed by atoms with Crippen LogP contribution in [0.5, 0.6) is 0 Å². The Bertz CT molecular complexity index is 873. The molecule has 0 aliphatic rings. The van der Waals surface area contributed by atoms with Gasteiger partial charge in [-0.05, 0) is 36.8 Å². The van der Waals surface area contributed by atoms with Gasteiger partial charge in [0.2, 0.25) is 0 Å². The molecule has 20 heavy (non-hydrogen) atoms. The second kappa shape index (κ2) is 4.96. The normalized spacial score (nSPS) is 10.9. The number of hydrogen-bond donors (Lipinski definition) is 1.